The summed E-state index contributed by atoms with van der Waals surface area (Å²) >= 11 is 0. The number of H-pyrrole nitrogens is 2. The Bertz CT molecular complexity index is 471. The second-order valence-electron chi connectivity index (χ2n) is 3.25. The number of aromatic amines is 2. The fourth-order valence-corrected chi connectivity index (χ4v) is 1.16. The minimum atomic E-state index is -0.248. The van der Waals surface area contributed by atoms with Gasteiger partial charge in [0.05, 0.1) is 0 Å². The molecule has 0 atom stereocenters. The lowest BCUT2D eigenvalue weighted by atomic mass is 10.3. The van der Waals surface area contributed by atoms with E-state index in [0.717, 1.165) is 11.3 Å². The molecule has 78 valence electrons. The largest absolute Gasteiger partial charge is 0.304 e. The smallest absolute Gasteiger partial charge is 0.274 e. The number of anilines is 1. The molecular formula is C9H11N5O. The summed E-state index contributed by atoms with van der Waals surface area (Å²) in [6, 6.07) is 1.60. The number of hydrogen-bond acceptors (Lipinski definition) is 3. The molecule has 6 nitrogen and oxygen atoms in total. The number of hydrogen-bond donors (Lipinski definition) is 3. The first-order valence-corrected chi connectivity index (χ1v) is 4.51. The van der Waals surface area contributed by atoms with Gasteiger partial charge in [0.15, 0.2) is 5.82 Å². The summed E-state index contributed by atoms with van der Waals surface area (Å²) in [5.74, 6) is 0.300. The molecule has 6 heteroatoms. The van der Waals surface area contributed by atoms with E-state index in [0.29, 0.717) is 11.5 Å². The van der Waals surface area contributed by atoms with E-state index in [1.165, 1.54) is 6.20 Å². The van der Waals surface area contributed by atoms with E-state index in [-0.39, 0.29) is 5.91 Å². The lowest BCUT2D eigenvalue weighted by Gasteiger charge is -1.99. The van der Waals surface area contributed by atoms with Gasteiger partial charge in [-0.1, -0.05) is 0 Å². The second-order valence-corrected chi connectivity index (χ2v) is 3.25. The third-order valence-electron chi connectivity index (χ3n) is 2.23. The molecule has 0 aromatic carbocycles. The molecule has 0 saturated heterocycles. The molecule has 0 spiro atoms. The number of nitrogens with one attached hydrogen (secondary N) is 3. The standard InChI is InChI=1S/C9H11N5O/c1-5-6(2)12-14-8(5)11-9(15)7-3-4-10-13-7/h3-4H,1-2H3,(H,10,13)(H2,11,12,14,15). The van der Waals surface area contributed by atoms with Crippen molar-refractivity contribution in [3.8, 4) is 0 Å². The highest BCUT2D eigenvalue weighted by Gasteiger charge is 2.11. The van der Waals surface area contributed by atoms with Crippen LogP contribution in [0.4, 0.5) is 5.82 Å². The molecule has 0 aliphatic carbocycles. The van der Waals surface area contributed by atoms with E-state index in [4.69, 9.17) is 0 Å². The van der Waals surface area contributed by atoms with E-state index in [1.54, 1.807) is 6.07 Å². The Morgan fingerprint density at radius 1 is 1.40 bits per heavy atom. The molecule has 0 aliphatic rings. The monoisotopic (exact) mass is 205 g/mol. The van der Waals surface area contributed by atoms with E-state index in [2.05, 4.69) is 25.7 Å². The third-order valence-corrected chi connectivity index (χ3v) is 2.23. The maximum atomic E-state index is 11.6. The number of amides is 1. The number of rotatable bonds is 2. The van der Waals surface area contributed by atoms with Gasteiger partial charge in [0.1, 0.15) is 5.69 Å². The summed E-state index contributed by atoms with van der Waals surface area (Å²) in [7, 11) is 0. The molecule has 2 heterocycles. The minimum Gasteiger partial charge on any atom is -0.304 e. The molecule has 15 heavy (non-hydrogen) atoms. The van der Waals surface area contributed by atoms with Crippen LogP contribution < -0.4 is 5.32 Å². The summed E-state index contributed by atoms with van der Waals surface area (Å²) in [5, 5.41) is 15.7. The van der Waals surface area contributed by atoms with E-state index in [1.807, 2.05) is 13.8 Å². The fraction of sp³-hybridized carbons (Fsp3) is 0.222. The van der Waals surface area contributed by atoms with Gasteiger partial charge in [-0.2, -0.15) is 10.2 Å². The minimum absolute atomic E-state index is 0.248. The van der Waals surface area contributed by atoms with Crippen LogP contribution in [-0.2, 0) is 0 Å². The Morgan fingerprint density at radius 3 is 2.73 bits per heavy atom. The van der Waals surface area contributed by atoms with Crippen LogP contribution in [-0.4, -0.2) is 26.3 Å². The number of carbonyl (C=O) groups excluding carboxylic acids is 1. The van der Waals surface area contributed by atoms with Crippen molar-refractivity contribution in [2.75, 3.05) is 5.32 Å². The van der Waals surface area contributed by atoms with Gasteiger partial charge in [-0.3, -0.25) is 15.0 Å². The van der Waals surface area contributed by atoms with Crippen molar-refractivity contribution < 1.29 is 4.79 Å². The lowest BCUT2D eigenvalue weighted by molar-refractivity contribution is 0.102. The molecule has 0 unspecified atom stereocenters. The van der Waals surface area contributed by atoms with E-state index >= 15 is 0 Å². The van der Waals surface area contributed by atoms with Crippen LogP contribution in [0.15, 0.2) is 12.3 Å². The molecule has 2 aromatic rings. The van der Waals surface area contributed by atoms with Gasteiger partial charge >= 0.3 is 0 Å². The van der Waals surface area contributed by atoms with Gasteiger partial charge in [0.2, 0.25) is 0 Å². The maximum absolute atomic E-state index is 11.6. The Balaban J connectivity index is 2.16. The second kappa shape index (κ2) is 3.56. The first kappa shape index (κ1) is 9.45. The molecule has 0 fully saturated rings. The first-order valence-electron chi connectivity index (χ1n) is 4.51. The highest BCUT2D eigenvalue weighted by atomic mass is 16.2. The van der Waals surface area contributed by atoms with Crippen LogP contribution in [0.2, 0.25) is 0 Å². The van der Waals surface area contributed by atoms with Gasteiger partial charge < -0.3 is 5.32 Å². The number of nitrogens with zero attached hydrogens (tertiary/aromatic N) is 2. The molecule has 1 amide bonds. The van der Waals surface area contributed by atoms with Gasteiger partial charge in [0.25, 0.3) is 5.91 Å². The molecular weight excluding hydrogens is 194 g/mol. The van der Waals surface area contributed by atoms with Crippen LogP contribution in [0.25, 0.3) is 0 Å². The van der Waals surface area contributed by atoms with Crippen LogP contribution in [0, 0.1) is 13.8 Å². The van der Waals surface area contributed by atoms with Crippen LogP contribution in [0.5, 0.6) is 0 Å². The Kier molecular flexibility index (Phi) is 2.24. The molecule has 2 rings (SSSR count). The summed E-state index contributed by atoms with van der Waals surface area (Å²) in [5.41, 5.74) is 2.29. The van der Waals surface area contributed by atoms with Crippen molar-refractivity contribution in [1.82, 2.24) is 20.4 Å². The predicted octanol–water partition coefficient (Wildman–Crippen LogP) is 1.00. The average molecular weight is 205 g/mol. The predicted molar refractivity (Wildman–Crippen MR) is 54.6 cm³/mol. The fourth-order valence-electron chi connectivity index (χ4n) is 1.16. The van der Waals surface area contributed by atoms with Crippen molar-refractivity contribution in [1.29, 1.82) is 0 Å². The van der Waals surface area contributed by atoms with E-state index < -0.39 is 0 Å². The first-order chi connectivity index (χ1) is 7.18. The van der Waals surface area contributed by atoms with Crippen LogP contribution in [0.3, 0.4) is 0 Å². The maximum Gasteiger partial charge on any atom is 0.274 e. The van der Waals surface area contributed by atoms with Crippen molar-refractivity contribution in [3.05, 3.63) is 29.2 Å². The molecule has 0 bridgehead atoms. The zero-order valence-corrected chi connectivity index (χ0v) is 8.46. The van der Waals surface area contributed by atoms with Crippen LogP contribution >= 0.6 is 0 Å². The van der Waals surface area contributed by atoms with Gasteiger partial charge in [-0.25, -0.2) is 0 Å². The van der Waals surface area contributed by atoms with Crippen molar-refractivity contribution in [2.24, 2.45) is 0 Å². The summed E-state index contributed by atoms with van der Waals surface area (Å²) in [4.78, 5) is 11.6. The highest BCUT2D eigenvalue weighted by Crippen LogP contribution is 2.14. The number of aryl methyl sites for hydroxylation is 1. The molecule has 0 radical (unpaired) electrons. The number of carbonyl (C=O) groups is 1. The Labute approximate surface area is 86.1 Å². The van der Waals surface area contributed by atoms with Crippen LogP contribution in [0.1, 0.15) is 21.7 Å². The topological polar surface area (TPSA) is 86.5 Å². The zero-order valence-electron chi connectivity index (χ0n) is 8.46. The average Bonchev–Trinajstić information content (AvgIpc) is 2.83. The van der Waals surface area contributed by atoms with E-state index in [9.17, 15) is 4.79 Å². The van der Waals surface area contributed by atoms with Crippen molar-refractivity contribution >= 4 is 11.7 Å². The Hall–Kier alpha value is -2.11. The Morgan fingerprint density at radius 2 is 2.20 bits per heavy atom. The van der Waals surface area contributed by atoms with Crippen molar-refractivity contribution in [3.63, 3.8) is 0 Å². The van der Waals surface area contributed by atoms with Crippen molar-refractivity contribution in [2.45, 2.75) is 13.8 Å². The summed E-state index contributed by atoms with van der Waals surface area (Å²) < 4.78 is 0. The zero-order chi connectivity index (χ0) is 10.8. The molecule has 0 aliphatic heterocycles. The van der Waals surface area contributed by atoms with Gasteiger partial charge in [-0.15, -0.1) is 0 Å². The lowest BCUT2D eigenvalue weighted by Crippen LogP contribution is -2.13. The quantitative estimate of drug-likeness (QED) is 0.683. The molecule has 0 saturated carbocycles. The number of aromatic nitrogens is 4. The highest BCUT2D eigenvalue weighted by molar-refractivity contribution is 6.02. The normalized spacial score (nSPS) is 10.3. The molecule has 3 N–H and O–H groups in total. The summed E-state index contributed by atoms with van der Waals surface area (Å²) in [6.07, 6.45) is 1.53. The SMILES string of the molecule is Cc1[nH]nc(NC(=O)c2ccn[nH]2)c1C. The third kappa shape index (κ3) is 1.74. The van der Waals surface area contributed by atoms with Gasteiger partial charge in [-0.05, 0) is 19.9 Å². The molecule has 2 aromatic heterocycles. The van der Waals surface area contributed by atoms with Gasteiger partial charge in [0, 0.05) is 17.5 Å². The summed E-state index contributed by atoms with van der Waals surface area (Å²) in [6.45, 7) is 3.79.